The Bertz CT molecular complexity index is 621. The van der Waals surface area contributed by atoms with Crippen LogP contribution in [0, 0.1) is 0 Å². The molecular weight excluding hydrogens is 321 g/mol. The van der Waals surface area contributed by atoms with E-state index in [0.717, 1.165) is 24.2 Å². The average Bonchev–Trinajstić information content (AvgIpc) is 2.97. The van der Waals surface area contributed by atoms with Gasteiger partial charge in [0, 0.05) is 12.1 Å². The van der Waals surface area contributed by atoms with Crippen LogP contribution < -0.4 is 4.52 Å². The number of hydrogen-bond acceptors (Lipinski definition) is 5. The van der Waals surface area contributed by atoms with Gasteiger partial charge >= 0.3 is 12.6 Å². The molecule has 0 amide bonds. The summed E-state index contributed by atoms with van der Waals surface area (Å²) < 4.78 is 19.1. The van der Waals surface area contributed by atoms with Crippen LogP contribution >= 0.6 is 6.64 Å². The molecule has 2 heterocycles. The van der Waals surface area contributed by atoms with Gasteiger partial charge in [-0.05, 0) is 44.6 Å². The molecule has 0 aliphatic carbocycles. The second kappa shape index (κ2) is 6.28. The molecule has 0 bridgehead atoms. The fourth-order valence-electron chi connectivity index (χ4n) is 2.74. The summed E-state index contributed by atoms with van der Waals surface area (Å²) in [6.07, 6.45) is 1.49. The molecule has 2 aliphatic heterocycles. The molecule has 22 heavy (non-hydrogen) atoms. The molecule has 0 spiro atoms. The van der Waals surface area contributed by atoms with Crippen LogP contribution in [0.25, 0.3) is 0 Å². The summed E-state index contributed by atoms with van der Waals surface area (Å²) in [5.74, 6) is 0.530. The second-order valence-corrected chi connectivity index (χ2v) is 9.02. The first-order chi connectivity index (χ1) is 10.5. The predicted molar refractivity (Wildman–Crippen MR) is 87.1 cm³/mol. The molecular formula is C15H20NO4PS. The lowest BCUT2D eigenvalue weighted by molar-refractivity contribution is -0.151. The number of esters is 1. The van der Waals surface area contributed by atoms with Crippen LogP contribution in [0.1, 0.15) is 32.3 Å². The van der Waals surface area contributed by atoms with Gasteiger partial charge in [-0.3, -0.25) is 4.79 Å². The van der Waals surface area contributed by atoms with E-state index in [1.165, 1.54) is 0 Å². The number of carbonyl (C=O) groups is 1. The normalized spacial score (nSPS) is 28.2. The van der Waals surface area contributed by atoms with Gasteiger partial charge in [-0.15, -0.1) is 0 Å². The number of nitrogens with zero attached hydrogens (tertiary/aromatic N) is 1. The van der Waals surface area contributed by atoms with Crippen molar-refractivity contribution in [2.45, 2.75) is 45.4 Å². The highest BCUT2D eigenvalue weighted by molar-refractivity contribution is 8.09. The van der Waals surface area contributed by atoms with Gasteiger partial charge in [-0.2, -0.15) is 0 Å². The van der Waals surface area contributed by atoms with Crippen molar-refractivity contribution in [1.82, 2.24) is 4.67 Å². The third-order valence-electron chi connectivity index (χ3n) is 3.73. The maximum atomic E-state index is 12.3. The van der Waals surface area contributed by atoms with Gasteiger partial charge in [0.15, 0.2) is 0 Å². The SMILES string of the molecule is CC(C)OC(=O)[C@@H]1CCCN1P1(=S)OCc2ccccc2O1. The highest BCUT2D eigenvalue weighted by atomic mass is 32.5. The number of hydrogen-bond donors (Lipinski definition) is 0. The van der Waals surface area contributed by atoms with Crippen LogP contribution in [0.3, 0.4) is 0 Å². The fourth-order valence-corrected chi connectivity index (χ4v) is 5.69. The summed E-state index contributed by atoms with van der Waals surface area (Å²) >= 11 is 5.68. The van der Waals surface area contributed by atoms with Crippen LogP contribution in [0.2, 0.25) is 0 Å². The number of benzene rings is 1. The summed E-state index contributed by atoms with van der Waals surface area (Å²) in [6.45, 7) is 2.14. The van der Waals surface area contributed by atoms with Gasteiger partial charge in [-0.25, -0.2) is 4.67 Å². The Labute approximate surface area is 135 Å². The zero-order valence-corrected chi connectivity index (χ0v) is 14.4. The minimum atomic E-state index is -2.68. The average molecular weight is 341 g/mol. The van der Waals surface area contributed by atoms with Crippen molar-refractivity contribution in [3.05, 3.63) is 29.8 Å². The van der Waals surface area contributed by atoms with Crippen LogP contribution in [0.5, 0.6) is 5.75 Å². The number of carbonyl (C=O) groups excluding carboxylic acids is 1. The molecule has 3 rings (SSSR count). The summed E-state index contributed by atoms with van der Waals surface area (Å²) in [4.78, 5) is 12.3. The monoisotopic (exact) mass is 341 g/mol. The number of ether oxygens (including phenoxy) is 1. The smallest absolute Gasteiger partial charge is 0.324 e. The van der Waals surface area contributed by atoms with E-state index in [-0.39, 0.29) is 18.1 Å². The highest BCUT2D eigenvalue weighted by Crippen LogP contribution is 2.59. The van der Waals surface area contributed by atoms with Crippen molar-refractivity contribution in [1.29, 1.82) is 0 Å². The lowest BCUT2D eigenvalue weighted by atomic mass is 10.2. The Morgan fingerprint density at radius 3 is 3.00 bits per heavy atom. The molecule has 5 nitrogen and oxygen atoms in total. The topological polar surface area (TPSA) is 48.0 Å². The van der Waals surface area contributed by atoms with Crippen molar-refractivity contribution in [3.63, 3.8) is 0 Å². The fraction of sp³-hybridized carbons (Fsp3) is 0.533. The van der Waals surface area contributed by atoms with Gasteiger partial charge in [0.1, 0.15) is 11.8 Å². The Hall–Kier alpha value is -0.940. The molecule has 1 aromatic rings. The van der Waals surface area contributed by atoms with Crippen LogP contribution in [-0.4, -0.2) is 29.3 Å². The largest absolute Gasteiger partial charge is 0.462 e. The van der Waals surface area contributed by atoms with Gasteiger partial charge in [0.25, 0.3) is 0 Å². The zero-order chi connectivity index (χ0) is 15.7. The maximum absolute atomic E-state index is 12.3. The van der Waals surface area contributed by atoms with Crippen molar-refractivity contribution in [2.75, 3.05) is 6.54 Å². The molecule has 1 fully saturated rings. The van der Waals surface area contributed by atoms with E-state index in [1.54, 1.807) is 0 Å². The molecule has 1 aromatic carbocycles. The van der Waals surface area contributed by atoms with E-state index >= 15 is 0 Å². The highest BCUT2D eigenvalue weighted by Gasteiger charge is 2.44. The van der Waals surface area contributed by atoms with Crippen LogP contribution in [0.15, 0.2) is 24.3 Å². The summed E-state index contributed by atoms with van der Waals surface area (Å²) in [6, 6.07) is 7.36. The molecule has 1 unspecified atom stereocenters. The molecule has 1 saturated heterocycles. The standard InChI is InChI=1S/C15H20NO4PS/c1-11(2)19-15(17)13-7-5-9-16(13)21(22)18-10-12-6-3-4-8-14(12)20-21/h3-4,6,8,11,13H,5,7,9-10H2,1-2H3/t13-,21?/m0/s1. The molecule has 120 valence electrons. The van der Waals surface area contributed by atoms with E-state index in [1.807, 2.05) is 42.8 Å². The molecule has 0 saturated carbocycles. The third-order valence-corrected chi connectivity index (χ3v) is 6.89. The molecule has 7 heteroatoms. The molecule has 2 aliphatic rings. The zero-order valence-electron chi connectivity index (χ0n) is 12.7. The van der Waals surface area contributed by atoms with Gasteiger partial charge in [0.05, 0.1) is 12.7 Å². The first-order valence-electron chi connectivity index (χ1n) is 7.49. The summed E-state index contributed by atoms with van der Waals surface area (Å²) in [7, 11) is 0. The first-order valence-corrected chi connectivity index (χ1v) is 10.1. The van der Waals surface area contributed by atoms with E-state index in [4.69, 9.17) is 25.6 Å². The summed E-state index contributed by atoms with van der Waals surface area (Å²) in [5.41, 5.74) is 0.989. The van der Waals surface area contributed by atoms with E-state index < -0.39 is 6.64 Å². The number of fused-ring (bicyclic) bond motifs is 1. The quantitative estimate of drug-likeness (QED) is 0.621. The first kappa shape index (κ1) is 15.9. The van der Waals surface area contributed by atoms with Gasteiger partial charge < -0.3 is 13.8 Å². The van der Waals surface area contributed by atoms with Crippen LogP contribution in [0.4, 0.5) is 0 Å². The van der Waals surface area contributed by atoms with Gasteiger partial charge in [-0.1, -0.05) is 18.2 Å². The minimum Gasteiger partial charge on any atom is -0.462 e. The Morgan fingerprint density at radius 2 is 2.23 bits per heavy atom. The van der Waals surface area contributed by atoms with Crippen molar-refractivity contribution in [2.24, 2.45) is 0 Å². The number of para-hydroxylation sites is 1. The molecule has 2 atom stereocenters. The van der Waals surface area contributed by atoms with Crippen molar-refractivity contribution < 1.29 is 18.6 Å². The second-order valence-electron chi connectivity index (χ2n) is 5.75. The van der Waals surface area contributed by atoms with E-state index in [0.29, 0.717) is 13.2 Å². The third kappa shape index (κ3) is 3.06. The molecule has 0 aromatic heterocycles. The van der Waals surface area contributed by atoms with Gasteiger partial charge in [0.2, 0.25) is 0 Å². The lowest BCUT2D eigenvalue weighted by Gasteiger charge is -2.37. The van der Waals surface area contributed by atoms with Crippen molar-refractivity contribution >= 4 is 24.4 Å². The van der Waals surface area contributed by atoms with E-state index in [9.17, 15) is 4.79 Å². The summed E-state index contributed by atoms with van der Waals surface area (Å²) in [5, 5.41) is 0. The van der Waals surface area contributed by atoms with Crippen LogP contribution in [-0.2, 0) is 32.5 Å². The Morgan fingerprint density at radius 1 is 1.45 bits per heavy atom. The van der Waals surface area contributed by atoms with E-state index in [2.05, 4.69) is 0 Å². The predicted octanol–water partition coefficient (Wildman–Crippen LogP) is 3.24. The van der Waals surface area contributed by atoms with Crippen molar-refractivity contribution in [3.8, 4) is 5.75 Å². The maximum Gasteiger partial charge on any atom is 0.324 e. The Balaban J connectivity index is 1.81. The minimum absolute atomic E-state index is 0.136. The Kier molecular flexibility index (Phi) is 4.55. The number of rotatable bonds is 3. The molecule has 0 N–H and O–H groups in total. The lowest BCUT2D eigenvalue weighted by Crippen LogP contribution is -2.38. The molecule has 0 radical (unpaired) electrons.